The average molecular weight is 647 g/mol. The number of primary sulfonamides is 1. The molecule has 4 aliphatic rings. The number of hydrogen-bond acceptors (Lipinski definition) is 8. The first-order chi connectivity index (χ1) is 18.9. The van der Waals surface area contributed by atoms with Gasteiger partial charge in [-0.2, -0.15) is 8.42 Å². The van der Waals surface area contributed by atoms with Crippen LogP contribution in [0.5, 0.6) is 0 Å². The summed E-state index contributed by atoms with van der Waals surface area (Å²) in [6.07, 6.45) is 4.96. The summed E-state index contributed by atoms with van der Waals surface area (Å²) in [5.41, 5.74) is -3.18. The quantitative estimate of drug-likeness (QED) is 0.351. The summed E-state index contributed by atoms with van der Waals surface area (Å²) in [6.45, 7) is 5.37. The van der Waals surface area contributed by atoms with E-state index < -0.39 is 74.9 Å². The van der Waals surface area contributed by atoms with Crippen molar-refractivity contribution in [2.24, 2.45) is 33.7 Å². The lowest BCUT2D eigenvalue weighted by atomic mass is 9.45. The van der Waals surface area contributed by atoms with Gasteiger partial charge in [0, 0.05) is 10.8 Å². The van der Waals surface area contributed by atoms with E-state index in [1.165, 1.54) is 12.1 Å². The second-order valence-corrected chi connectivity index (χ2v) is 16.3. The summed E-state index contributed by atoms with van der Waals surface area (Å²) in [7, 11) is -8.96. The molecule has 3 fully saturated rings. The van der Waals surface area contributed by atoms with Crippen molar-refractivity contribution in [2.45, 2.75) is 72.8 Å². The molecule has 2 unspecified atom stereocenters. The Kier molecular flexibility index (Phi) is 7.30. The molecule has 9 nitrogen and oxygen atoms in total. The number of fused-ring (bicyclic) bond motifs is 5. The van der Waals surface area contributed by atoms with E-state index in [-0.39, 0.29) is 24.0 Å². The number of rotatable bonds is 6. The first-order valence-corrected chi connectivity index (χ1v) is 17.2. The van der Waals surface area contributed by atoms with E-state index >= 15 is 0 Å². The molecule has 5 rings (SSSR count). The number of sulfonamides is 1. The number of ketones is 2. The maximum absolute atomic E-state index is 13.8. The van der Waals surface area contributed by atoms with Crippen LogP contribution in [0.15, 0.2) is 57.9 Å². The van der Waals surface area contributed by atoms with Crippen LogP contribution in [-0.2, 0) is 33.9 Å². The van der Waals surface area contributed by atoms with Crippen LogP contribution in [0, 0.1) is 28.6 Å². The molecule has 4 aliphatic carbocycles. The van der Waals surface area contributed by atoms with Crippen LogP contribution >= 0.6 is 23.2 Å². The Balaban J connectivity index is 1.63. The highest BCUT2D eigenvalue weighted by molar-refractivity contribution is 7.89. The van der Waals surface area contributed by atoms with Gasteiger partial charge in [0.25, 0.3) is 10.1 Å². The highest BCUT2D eigenvalue weighted by atomic mass is 35.5. The Morgan fingerprint density at radius 1 is 1.17 bits per heavy atom. The minimum absolute atomic E-state index is 0.0674. The third-order valence-corrected chi connectivity index (χ3v) is 13.8. The lowest BCUT2D eigenvalue weighted by molar-refractivity contribution is -0.167. The van der Waals surface area contributed by atoms with Gasteiger partial charge in [-0.25, -0.2) is 13.6 Å². The van der Waals surface area contributed by atoms with E-state index in [1.54, 1.807) is 26.0 Å². The maximum Gasteiger partial charge on any atom is 0.298 e. The molecule has 224 valence electrons. The van der Waals surface area contributed by atoms with Crippen LogP contribution in [0.25, 0.3) is 0 Å². The normalized spacial score (nSPS) is 40.4. The first kappa shape index (κ1) is 30.8. The van der Waals surface area contributed by atoms with Crippen LogP contribution < -0.4 is 5.14 Å². The standard InChI is InChI=1S/C28H33Cl2NO8S2/c1-16-11-22-21-8-7-17-12-18(32)9-10-25(17,2)27(21,30)23(33)14-26(22,3)28(16,24(34)15-29)39-41(37,38)20-6-4-5-19(13-20)40(31,35)36/h4-6,9-10,12-13,16,21-23,33H,7-8,11,14-15H2,1-3H3,(H2,31,35,36)/t16-,21?,22?,23+,25+,26+,27+,28+/m1/s1. The van der Waals surface area contributed by atoms with Crippen molar-refractivity contribution in [3.63, 3.8) is 0 Å². The van der Waals surface area contributed by atoms with E-state index in [0.717, 1.165) is 23.8 Å². The van der Waals surface area contributed by atoms with Gasteiger partial charge in [0.2, 0.25) is 10.0 Å². The molecule has 8 atom stereocenters. The number of benzene rings is 1. The number of halogens is 2. The van der Waals surface area contributed by atoms with Crippen molar-refractivity contribution >= 4 is 54.9 Å². The van der Waals surface area contributed by atoms with E-state index in [2.05, 4.69) is 0 Å². The fourth-order valence-electron chi connectivity index (χ4n) is 8.48. The highest BCUT2D eigenvalue weighted by Crippen LogP contribution is 2.72. The second-order valence-electron chi connectivity index (χ2n) is 12.3. The van der Waals surface area contributed by atoms with Gasteiger partial charge in [-0.05, 0) is 73.8 Å². The van der Waals surface area contributed by atoms with Gasteiger partial charge in [0.05, 0.1) is 26.6 Å². The third kappa shape index (κ3) is 4.17. The van der Waals surface area contributed by atoms with Crippen molar-refractivity contribution < 1.29 is 35.7 Å². The molecule has 0 aliphatic heterocycles. The molecule has 3 N–H and O–H groups in total. The zero-order chi connectivity index (χ0) is 30.4. The van der Waals surface area contributed by atoms with Crippen LogP contribution in [-0.4, -0.2) is 56.0 Å². The second kappa shape index (κ2) is 9.70. The van der Waals surface area contributed by atoms with Gasteiger partial charge in [-0.3, -0.25) is 13.8 Å². The fourth-order valence-corrected chi connectivity index (χ4v) is 11.2. The number of carbonyl (C=O) groups excluding carboxylic acids is 2. The van der Waals surface area contributed by atoms with Gasteiger partial charge < -0.3 is 5.11 Å². The van der Waals surface area contributed by atoms with Crippen molar-refractivity contribution in [2.75, 3.05) is 5.88 Å². The Hall–Kier alpha value is -1.60. The third-order valence-electron chi connectivity index (χ3n) is 10.4. The number of nitrogens with two attached hydrogens (primary N) is 1. The molecule has 0 amide bonds. The molecule has 13 heteroatoms. The first-order valence-electron chi connectivity index (χ1n) is 13.4. The predicted molar refractivity (Wildman–Crippen MR) is 152 cm³/mol. The predicted octanol–water partition coefficient (Wildman–Crippen LogP) is 3.47. The van der Waals surface area contributed by atoms with Gasteiger partial charge in [0.15, 0.2) is 17.2 Å². The monoisotopic (exact) mass is 645 g/mol. The van der Waals surface area contributed by atoms with Gasteiger partial charge in [-0.1, -0.05) is 38.5 Å². The number of allylic oxidation sites excluding steroid dienone is 4. The largest absolute Gasteiger partial charge is 0.391 e. The van der Waals surface area contributed by atoms with E-state index in [4.69, 9.17) is 32.5 Å². The Morgan fingerprint density at radius 2 is 1.83 bits per heavy atom. The van der Waals surface area contributed by atoms with Crippen LogP contribution in [0.2, 0.25) is 0 Å². The van der Waals surface area contributed by atoms with E-state index in [0.29, 0.717) is 19.3 Å². The van der Waals surface area contributed by atoms with E-state index in [9.17, 15) is 31.5 Å². The summed E-state index contributed by atoms with van der Waals surface area (Å²) in [6, 6.07) is 4.42. The number of aliphatic hydroxyl groups excluding tert-OH is 1. The molecule has 3 saturated carbocycles. The number of carbonyl (C=O) groups is 2. The van der Waals surface area contributed by atoms with Crippen molar-refractivity contribution in [3.05, 3.63) is 48.1 Å². The SMILES string of the molecule is C[C@@H]1CC2C3CCC4=CC(=O)C=C[C@]4(C)[C@@]3(Cl)[C@@H](O)C[C@]2(C)[C@@]1(OS(=O)(=O)c1cccc(S(N)(=O)=O)c1)C(=O)CCl. The van der Waals surface area contributed by atoms with Crippen molar-refractivity contribution in [1.29, 1.82) is 0 Å². The lowest BCUT2D eigenvalue weighted by Gasteiger charge is -2.64. The Labute approximate surface area is 250 Å². The molecule has 1 aromatic carbocycles. The molecule has 0 saturated heterocycles. The number of hydrogen-bond donors (Lipinski definition) is 2. The minimum atomic E-state index is -4.73. The Bertz CT molecular complexity index is 1610. The fraction of sp³-hybridized carbons (Fsp3) is 0.571. The van der Waals surface area contributed by atoms with E-state index in [1.807, 2.05) is 6.92 Å². The van der Waals surface area contributed by atoms with Gasteiger partial charge in [-0.15, -0.1) is 23.2 Å². The van der Waals surface area contributed by atoms with Gasteiger partial charge in [0.1, 0.15) is 0 Å². The average Bonchev–Trinajstić information content (AvgIpc) is 3.11. The Morgan fingerprint density at radius 3 is 2.46 bits per heavy atom. The topological polar surface area (TPSA) is 158 Å². The molecular formula is C28H33Cl2NO8S2. The van der Waals surface area contributed by atoms with Crippen LogP contribution in [0.1, 0.15) is 46.5 Å². The van der Waals surface area contributed by atoms with Crippen LogP contribution in [0.3, 0.4) is 0 Å². The molecule has 0 radical (unpaired) electrons. The number of Topliss-reactive ketones (excluding diaryl/α,β-unsaturated/α-hetero) is 1. The maximum atomic E-state index is 13.8. The lowest BCUT2D eigenvalue weighted by Crippen LogP contribution is -2.69. The zero-order valence-electron chi connectivity index (χ0n) is 22.8. The summed E-state index contributed by atoms with van der Waals surface area (Å²) >= 11 is 13.6. The summed E-state index contributed by atoms with van der Waals surface area (Å²) in [5.74, 6) is -2.69. The summed E-state index contributed by atoms with van der Waals surface area (Å²) < 4.78 is 57.3. The van der Waals surface area contributed by atoms with Crippen molar-refractivity contribution in [1.82, 2.24) is 0 Å². The van der Waals surface area contributed by atoms with Crippen LogP contribution in [0.4, 0.5) is 0 Å². The molecule has 41 heavy (non-hydrogen) atoms. The molecule has 0 heterocycles. The smallest absolute Gasteiger partial charge is 0.298 e. The van der Waals surface area contributed by atoms with Gasteiger partial charge >= 0.3 is 0 Å². The summed E-state index contributed by atoms with van der Waals surface area (Å²) in [4.78, 5) is 23.8. The highest BCUT2D eigenvalue weighted by Gasteiger charge is 2.76. The molecule has 1 aromatic rings. The summed E-state index contributed by atoms with van der Waals surface area (Å²) in [5, 5.41) is 17.1. The minimum Gasteiger partial charge on any atom is -0.391 e. The molecular weight excluding hydrogens is 613 g/mol. The zero-order valence-corrected chi connectivity index (χ0v) is 26.0. The molecule has 0 aromatic heterocycles. The van der Waals surface area contributed by atoms with Crippen molar-refractivity contribution in [3.8, 4) is 0 Å². The number of aliphatic hydroxyl groups is 1. The molecule has 0 spiro atoms. The molecule has 0 bridgehead atoms. The number of alkyl halides is 2.